The first-order valence-corrected chi connectivity index (χ1v) is 5.28. The number of rotatable bonds is 6. The fraction of sp³-hybridized carbons (Fsp3) is 0.231. The van der Waals surface area contributed by atoms with Gasteiger partial charge in [0.15, 0.2) is 11.5 Å². The molecule has 0 aliphatic carbocycles. The molecule has 0 atom stereocenters. The van der Waals surface area contributed by atoms with Crippen molar-refractivity contribution in [2.45, 2.75) is 13.3 Å². The van der Waals surface area contributed by atoms with Gasteiger partial charge in [0.25, 0.3) is 0 Å². The highest BCUT2D eigenvalue weighted by Crippen LogP contribution is 2.32. The predicted octanol–water partition coefficient (Wildman–Crippen LogP) is 2.21. The van der Waals surface area contributed by atoms with Gasteiger partial charge in [-0.1, -0.05) is 12.2 Å². The number of aromatic hydroxyl groups is 1. The lowest BCUT2D eigenvalue weighted by molar-refractivity contribution is -0.107. The molecule has 0 aliphatic heterocycles. The van der Waals surface area contributed by atoms with Crippen LogP contribution in [0.25, 0.3) is 6.08 Å². The van der Waals surface area contributed by atoms with Gasteiger partial charge in [0.2, 0.25) is 0 Å². The molecule has 0 fully saturated rings. The number of carbonyl (C=O) groups is 2. The van der Waals surface area contributed by atoms with Crippen molar-refractivity contribution < 1.29 is 19.4 Å². The lowest BCUT2D eigenvalue weighted by Crippen LogP contribution is -1.94. The van der Waals surface area contributed by atoms with E-state index in [1.54, 1.807) is 19.1 Å². The topological polar surface area (TPSA) is 63.6 Å². The van der Waals surface area contributed by atoms with Crippen molar-refractivity contribution in [3.05, 3.63) is 29.3 Å². The quantitative estimate of drug-likeness (QED) is 0.766. The van der Waals surface area contributed by atoms with Crippen LogP contribution in [0.15, 0.2) is 18.2 Å². The summed E-state index contributed by atoms with van der Waals surface area (Å²) in [5.41, 5.74) is 0.872. The van der Waals surface area contributed by atoms with Gasteiger partial charge in [0, 0.05) is 17.5 Å². The maximum absolute atomic E-state index is 10.7. The van der Waals surface area contributed by atoms with E-state index in [0.717, 1.165) is 6.29 Å². The number of allylic oxidation sites excluding steroid dienone is 1. The number of carbonyl (C=O) groups excluding carboxylic acids is 2. The molecule has 0 radical (unpaired) electrons. The van der Waals surface area contributed by atoms with E-state index < -0.39 is 0 Å². The number of benzene rings is 1. The number of phenolic OH excluding ortho intramolecular Hbond substituents is 1. The van der Waals surface area contributed by atoms with Crippen LogP contribution in [0.5, 0.6) is 11.5 Å². The van der Waals surface area contributed by atoms with E-state index in [4.69, 9.17) is 4.74 Å². The van der Waals surface area contributed by atoms with Gasteiger partial charge in [0.1, 0.15) is 12.6 Å². The fourth-order valence-electron chi connectivity index (χ4n) is 1.36. The maximum atomic E-state index is 10.7. The molecule has 0 aromatic heterocycles. The summed E-state index contributed by atoms with van der Waals surface area (Å²) in [4.78, 5) is 20.9. The number of phenols is 1. The van der Waals surface area contributed by atoms with Gasteiger partial charge >= 0.3 is 0 Å². The molecule has 90 valence electrons. The van der Waals surface area contributed by atoms with Crippen molar-refractivity contribution in [2.75, 3.05) is 6.61 Å². The molecule has 1 N–H and O–H groups in total. The molecular weight excluding hydrogens is 220 g/mol. The van der Waals surface area contributed by atoms with Crippen molar-refractivity contribution in [2.24, 2.45) is 0 Å². The lowest BCUT2D eigenvalue weighted by Gasteiger charge is -2.09. The van der Waals surface area contributed by atoms with Crippen molar-refractivity contribution in [1.29, 1.82) is 0 Å². The number of ether oxygens (including phenoxy) is 1. The average Bonchev–Trinajstić information content (AvgIpc) is 2.34. The molecular formula is C13H14O4. The number of hydrogen-bond acceptors (Lipinski definition) is 4. The van der Waals surface area contributed by atoms with Gasteiger partial charge in [-0.05, 0) is 19.1 Å². The third kappa shape index (κ3) is 3.45. The predicted molar refractivity (Wildman–Crippen MR) is 64.4 cm³/mol. The van der Waals surface area contributed by atoms with Crippen LogP contribution < -0.4 is 4.74 Å². The minimum atomic E-state index is -0.0281. The first-order chi connectivity index (χ1) is 8.22. The van der Waals surface area contributed by atoms with Gasteiger partial charge in [-0.25, -0.2) is 0 Å². The second-order valence-electron chi connectivity index (χ2n) is 3.31. The Bertz CT molecular complexity index is 435. The van der Waals surface area contributed by atoms with Crippen molar-refractivity contribution in [1.82, 2.24) is 0 Å². The van der Waals surface area contributed by atoms with Gasteiger partial charge in [-0.15, -0.1) is 0 Å². The molecule has 0 aliphatic rings. The average molecular weight is 234 g/mol. The minimum absolute atomic E-state index is 0.0281. The summed E-state index contributed by atoms with van der Waals surface area (Å²) in [6.45, 7) is 2.18. The second kappa shape index (κ2) is 6.48. The Labute approximate surface area is 99.5 Å². The smallest absolute Gasteiger partial charge is 0.165 e. The molecule has 1 aromatic rings. The van der Waals surface area contributed by atoms with Crippen LogP contribution in [0.4, 0.5) is 0 Å². The van der Waals surface area contributed by atoms with Crippen LogP contribution in [0.2, 0.25) is 0 Å². The second-order valence-corrected chi connectivity index (χ2v) is 3.31. The summed E-state index contributed by atoms with van der Waals surface area (Å²) in [6.07, 6.45) is 4.87. The summed E-state index contributed by atoms with van der Waals surface area (Å²) < 4.78 is 5.21. The van der Waals surface area contributed by atoms with E-state index in [0.29, 0.717) is 24.0 Å². The van der Waals surface area contributed by atoms with Crippen LogP contribution in [-0.4, -0.2) is 24.3 Å². The summed E-state index contributed by atoms with van der Waals surface area (Å²) in [7, 11) is 0. The molecule has 0 heterocycles. The maximum Gasteiger partial charge on any atom is 0.165 e. The van der Waals surface area contributed by atoms with Gasteiger partial charge < -0.3 is 14.6 Å². The number of hydrogen-bond donors (Lipinski definition) is 1. The van der Waals surface area contributed by atoms with Crippen molar-refractivity contribution in [3.8, 4) is 11.5 Å². The van der Waals surface area contributed by atoms with E-state index in [1.807, 2.05) is 0 Å². The third-order valence-electron chi connectivity index (χ3n) is 2.09. The zero-order valence-electron chi connectivity index (χ0n) is 9.55. The van der Waals surface area contributed by atoms with E-state index >= 15 is 0 Å². The van der Waals surface area contributed by atoms with Crippen LogP contribution in [0.1, 0.15) is 29.3 Å². The molecule has 17 heavy (non-hydrogen) atoms. The van der Waals surface area contributed by atoms with Crippen molar-refractivity contribution >= 4 is 18.6 Å². The van der Waals surface area contributed by atoms with Gasteiger partial charge in [-0.2, -0.15) is 0 Å². The van der Waals surface area contributed by atoms with Crippen molar-refractivity contribution in [3.63, 3.8) is 0 Å². The minimum Gasteiger partial charge on any atom is -0.504 e. The van der Waals surface area contributed by atoms with E-state index in [1.165, 1.54) is 12.1 Å². The highest BCUT2D eigenvalue weighted by molar-refractivity contribution is 5.80. The van der Waals surface area contributed by atoms with Crippen LogP contribution in [0.3, 0.4) is 0 Å². The van der Waals surface area contributed by atoms with E-state index in [-0.39, 0.29) is 17.9 Å². The molecule has 4 nitrogen and oxygen atoms in total. The normalized spacial score (nSPS) is 10.4. The fourth-order valence-corrected chi connectivity index (χ4v) is 1.36. The Hall–Kier alpha value is -2.10. The zero-order chi connectivity index (χ0) is 12.7. The third-order valence-corrected chi connectivity index (χ3v) is 2.09. The van der Waals surface area contributed by atoms with Gasteiger partial charge in [-0.3, -0.25) is 4.79 Å². The molecule has 4 heteroatoms. The summed E-state index contributed by atoms with van der Waals surface area (Å²) >= 11 is 0. The Balaban J connectivity index is 3.13. The molecule has 0 bridgehead atoms. The monoisotopic (exact) mass is 234 g/mol. The van der Waals surface area contributed by atoms with Gasteiger partial charge in [0.05, 0.1) is 6.61 Å². The van der Waals surface area contributed by atoms with Crippen LogP contribution >= 0.6 is 0 Å². The van der Waals surface area contributed by atoms with E-state index in [2.05, 4.69) is 0 Å². The van der Waals surface area contributed by atoms with E-state index in [9.17, 15) is 14.7 Å². The summed E-state index contributed by atoms with van der Waals surface area (Å²) in [6, 6.07) is 3.01. The number of aldehydes is 2. The first kappa shape index (κ1) is 13.0. The molecule has 1 rings (SSSR count). The lowest BCUT2D eigenvalue weighted by atomic mass is 10.1. The standard InChI is InChI=1S/C13H14O4/c1-2-17-12-8-10(9-15)7-11(13(12)16)5-3-4-6-14/h3,5-9,16H,2,4H2,1H3. The SMILES string of the molecule is CCOc1cc(C=O)cc(C=CCC=O)c1O. The molecule has 0 amide bonds. The summed E-state index contributed by atoms with van der Waals surface area (Å²) in [5, 5.41) is 9.86. The molecule has 0 saturated carbocycles. The Kier molecular flexibility index (Phi) is 4.94. The Morgan fingerprint density at radius 1 is 1.35 bits per heavy atom. The zero-order valence-corrected chi connectivity index (χ0v) is 9.55. The highest BCUT2D eigenvalue weighted by Gasteiger charge is 2.08. The Morgan fingerprint density at radius 2 is 2.12 bits per heavy atom. The molecule has 0 unspecified atom stereocenters. The first-order valence-electron chi connectivity index (χ1n) is 5.28. The summed E-state index contributed by atoms with van der Waals surface area (Å²) in [5.74, 6) is 0.238. The van der Waals surface area contributed by atoms with Crippen LogP contribution in [0, 0.1) is 0 Å². The van der Waals surface area contributed by atoms with Crippen LogP contribution in [-0.2, 0) is 4.79 Å². The molecule has 1 aromatic carbocycles. The molecule has 0 spiro atoms. The highest BCUT2D eigenvalue weighted by atomic mass is 16.5. The largest absolute Gasteiger partial charge is 0.504 e. The Morgan fingerprint density at radius 3 is 2.71 bits per heavy atom. The molecule has 0 saturated heterocycles.